The van der Waals surface area contributed by atoms with Gasteiger partial charge in [-0.3, -0.25) is 4.99 Å². The van der Waals surface area contributed by atoms with Crippen LogP contribution in [0.3, 0.4) is 0 Å². The number of hydrogen-bond acceptors (Lipinski definition) is 5. The van der Waals surface area contributed by atoms with Crippen LogP contribution < -0.4 is 10.5 Å². The number of nitrogens with zero attached hydrogens (tertiary/aromatic N) is 2. The molecule has 0 radical (unpaired) electrons. The summed E-state index contributed by atoms with van der Waals surface area (Å²) in [5, 5.41) is 0. The predicted molar refractivity (Wildman–Crippen MR) is 73.9 cm³/mol. The maximum atomic E-state index is 14.0. The van der Waals surface area contributed by atoms with Crippen molar-refractivity contribution in [2.45, 2.75) is 5.54 Å². The van der Waals surface area contributed by atoms with E-state index in [4.69, 9.17) is 15.2 Å². The normalized spacial score (nSPS) is 23.0. The van der Waals surface area contributed by atoms with Crippen molar-refractivity contribution in [3.8, 4) is 11.5 Å². The van der Waals surface area contributed by atoms with Gasteiger partial charge in [0.25, 0.3) is 5.95 Å². The van der Waals surface area contributed by atoms with Crippen LogP contribution in [0, 0.1) is 5.95 Å². The van der Waals surface area contributed by atoms with Crippen LogP contribution in [0.5, 0.6) is 11.5 Å². The van der Waals surface area contributed by atoms with Crippen molar-refractivity contribution < 1.29 is 13.9 Å². The van der Waals surface area contributed by atoms with Gasteiger partial charge in [-0.25, -0.2) is 4.98 Å². The highest BCUT2D eigenvalue weighted by atomic mass is 19.1. The molecule has 106 valence electrons. The standard InChI is InChI=1S/C15H12FN3O2/c16-14-13-10(5-6-18-14)15(8-20-7-12(17)19-15)9-3-1-2-4-11(9)21-13/h1-6H,7-8H2,(H2,17,19). The Hall–Kier alpha value is -2.47. The fraction of sp³-hybridized carbons (Fsp3) is 0.200. The van der Waals surface area contributed by atoms with Crippen LogP contribution in [-0.2, 0) is 10.3 Å². The Balaban J connectivity index is 2.06. The lowest BCUT2D eigenvalue weighted by Crippen LogP contribution is -2.42. The molecule has 2 aromatic rings. The van der Waals surface area contributed by atoms with E-state index in [0.29, 0.717) is 17.1 Å². The van der Waals surface area contributed by atoms with Gasteiger partial charge in [0.15, 0.2) is 5.75 Å². The molecule has 2 aliphatic rings. The molecule has 0 saturated carbocycles. The molecule has 5 nitrogen and oxygen atoms in total. The van der Waals surface area contributed by atoms with Crippen LogP contribution in [0.25, 0.3) is 0 Å². The molecule has 1 unspecified atom stereocenters. The minimum atomic E-state index is -0.879. The van der Waals surface area contributed by atoms with E-state index in [2.05, 4.69) is 9.98 Å². The Morgan fingerprint density at radius 1 is 1.19 bits per heavy atom. The fourth-order valence-corrected chi connectivity index (χ4v) is 2.89. The number of hydrogen-bond donors (Lipinski definition) is 1. The quantitative estimate of drug-likeness (QED) is 0.751. The number of benzene rings is 1. The molecule has 4 rings (SSSR count). The monoisotopic (exact) mass is 285 g/mol. The Bertz CT molecular complexity index is 762. The zero-order valence-electron chi connectivity index (χ0n) is 11.0. The van der Waals surface area contributed by atoms with Crippen molar-refractivity contribution in [2.24, 2.45) is 10.7 Å². The van der Waals surface area contributed by atoms with Crippen LogP contribution in [-0.4, -0.2) is 24.0 Å². The minimum Gasteiger partial charge on any atom is -0.452 e. The molecule has 6 heteroatoms. The van der Waals surface area contributed by atoms with Crippen molar-refractivity contribution in [3.05, 3.63) is 53.6 Å². The first-order valence-corrected chi connectivity index (χ1v) is 6.55. The number of fused-ring (bicyclic) bond motifs is 4. The molecular formula is C15H12FN3O2. The first-order valence-electron chi connectivity index (χ1n) is 6.55. The van der Waals surface area contributed by atoms with Crippen LogP contribution in [0.15, 0.2) is 41.5 Å². The van der Waals surface area contributed by atoms with E-state index < -0.39 is 11.5 Å². The third-order valence-electron chi connectivity index (χ3n) is 3.75. The molecule has 21 heavy (non-hydrogen) atoms. The second kappa shape index (κ2) is 4.26. The molecule has 0 amide bonds. The van der Waals surface area contributed by atoms with Crippen LogP contribution >= 0.6 is 0 Å². The van der Waals surface area contributed by atoms with Crippen LogP contribution in [0.1, 0.15) is 11.1 Å². The Morgan fingerprint density at radius 2 is 2.05 bits per heavy atom. The van der Waals surface area contributed by atoms with E-state index in [9.17, 15) is 4.39 Å². The van der Waals surface area contributed by atoms with E-state index >= 15 is 0 Å². The van der Waals surface area contributed by atoms with Crippen LogP contribution in [0.4, 0.5) is 4.39 Å². The summed E-state index contributed by atoms with van der Waals surface area (Å²) in [4.78, 5) is 8.24. The molecule has 2 N–H and O–H groups in total. The summed E-state index contributed by atoms with van der Waals surface area (Å²) in [5.74, 6) is 0.332. The highest BCUT2D eigenvalue weighted by Gasteiger charge is 2.45. The van der Waals surface area contributed by atoms with Crippen molar-refractivity contribution in [2.75, 3.05) is 13.2 Å². The number of amidine groups is 1. The van der Waals surface area contributed by atoms with Gasteiger partial charge >= 0.3 is 0 Å². The van der Waals surface area contributed by atoms with Crippen molar-refractivity contribution in [3.63, 3.8) is 0 Å². The molecule has 1 aromatic heterocycles. The van der Waals surface area contributed by atoms with Crippen LogP contribution in [0.2, 0.25) is 0 Å². The molecule has 1 spiro atoms. The van der Waals surface area contributed by atoms with Crippen molar-refractivity contribution in [1.29, 1.82) is 0 Å². The maximum Gasteiger partial charge on any atom is 0.256 e. The molecule has 0 aliphatic carbocycles. The lowest BCUT2D eigenvalue weighted by atomic mass is 9.81. The lowest BCUT2D eigenvalue weighted by molar-refractivity contribution is 0.109. The second-order valence-electron chi connectivity index (χ2n) is 5.03. The SMILES string of the molecule is NC1=NC2(COC1)c1ccccc1Oc1c2ccnc1F. The van der Waals surface area contributed by atoms with Gasteiger partial charge in [0.2, 0.25) is 0 Å². The van der Waals surface area contributed by atoms with Crippen molar-refractivity contribution >= 4 is 5.84 Å². The molecule has 0 saturated heterocycles. The minimum absolute atomic E-state index is 0.0817. The first-order chi connectivity index (χ1) is 10.2. The number of aromatic nitrogens is 1. The summed E-state index contributed by atoms with van der Waals surface area (Å²) >= 11 is 0. The molecule has 0 fully saturated rings. The van der Waals surface area contributed by atoms with Gasteiger partial charge in [-0.1, -0.05) is 18.2 Å². The summed E-state index contributed by atoms with van der Waals surface area (Å²) in [6.07, 6.45) is 1.40. The zero-order valence-corrected chi connectivity index (χ0v) is 11.0. The topological polar surface area (TPSA) is 69.7 Å². The number of para-hydroxylation sites is 1. The first kappa shape index (κ1) is 12.3. The van der Waals surface area contributed by atoms with E-state index in [1.54, 1.807) is 12.1 Å². The smallest absolute Gasteiger partial charge is 0.256 e. The molecule has 2 aliphatic heterocycles. The Kier molecular flexibility index (Phi) is 2.49. The van der Waals surface area contributed by atoms with E-state index in [1.807, 2.05) is 18.2 Å². The number of nitrogens with two attached hydrogens (primary N) is 1. The second-order valence-corrected chi connectivity index (χ2v) is 5.03. The summed E-state index contributed by atoms with van der Waals surface area (Å²) in [6.45, 7) is 0.554. The number of ether oxygens (including phenoxy) is 2. The largest absolute Gasteiger partial charge is 0.452 e. The van der Waals surface area contributed by atoms with Gasteiger partial charge in [0.05, 0.1) is 6.61 Å². The van der Waals surface area contributed by atoms with Gasteiger partial charge in [-0.05, 0) is 12.1 Å². The van der Waals surface area contributed by atoms with Gasteiger partial charge in [-0.2, -0.15) is 4.39 Å². The maximum absolute atomic E-state index is 14.0. The summed E-state index contributed by atoms with van der Waals surface area (Å²) in [5.41, 5.74) is 6.38. The number of aliphatic imine (C=N–C) groups is 1. The third-order valence-corrected chi connectivity index (χ3v) is 3.75. The van der Waals surface area contributed by atoms with Gasteiger partial charge < -0.3 is 15.2 Å². The highest BCUT2D eigenvalue weighted by Crippen LogP contribution is 2.50. The average molecular weight is 285 g/mol. The van der Waals surface area contributed by atoms with Gasteiger partial charge in [-0.15, -0.1) is 0 Å². The summed E-state index contributed by atoms with van der Waals surface area (Å²) < 4.78 is 25.3. The zero-order chi connectivity index (χ0) is 14.4. The average Bonchev–Trinajstić information content (AvgIpc) is 2.49. The number of rotatable bonds is 0. The Labute approximate surface area is 120 Å². The number of pyridine rings is 1. The molecule has 0 bridgehead atoms. The van der Waals surface area contributed by atoms with Gasteiger partial charge in [0, 0.05) is 17.3 Å². The van der Waals surface area contributed by atoms with Gasteiger partial charge in [0.1, 0.15) is 23.7 Å². The Morgan fingerprint density at radius 3 is 2.90 bits per heavy atom. The molecule has 3 heterocycles. The highest BCUT2D eigenvalue weighted by molar-refractivity contribution is 5.83. The summed E-state index contributed by atoms with van der Waals surface area (Å²) in [7, 11) is 0. The van der Waals surface area contributed by atoms with Crippen molar-refractivity contribution in [1.82, 2.24) is 4.98 Å². The molecule has 1 atom stereocenters. The number of halogens is 1. The fourth-order valence-electron chi connectivity index (χ4n) is 2.89. The predicted octanol–water partition coefficient (Wildman–Crippen LogP) is 1.96. The third kappa shape index (κ3) is 1.66. The molecular weight excluding hydrogens is 273 g/mol. The molecule has 1 aromatic carbocycles. The van der Waals surface area contributed by atoms with E-state index in [1.165, 1.54) is 6.20 Å². The summed E-state index contributed by atoms with van der Waals surface area (Å²) in [6, 6.07) is 9.06. The van der Waals surface area contributed by atoms with E-state index in [0.717, 1.165) is 5.56 Å². The lowest BCUT2D eigenvalue weighted by Gasteiger charge is -2.38. The van der Waals surface area contributed by atoms with E-state index in [-0.39, 0.29) is 19.0 Å².